The van der Waals surface area contributed by atoms with Gasteiger partial charge in [-0.2, -0.15) is 0 Å². The Bertz CT molecular complexity index is 760. The summed E-state index contributed by atoms with van der Waals surface area (Å²) in [7, 11) is 1.71. The Morgan fingerprint density at radius 2 is 1.85 bits per heavy atom. The fourth-order valence-corrected chi connectivity index (χ4v) is 3.37. The number of carbonyl (C=O) groups is 2. The van der Waals surface area contributed by atoms with Crippen LogP contribution in [0.15, 0.2) is 54.7 Å². The van der Waals surface area contributed by atoms with Crippen LogP contribution in [0.4, 0.5) is 0 Å². The van der Waals surface area contributed by atoms with Crippen LogP contribution in [-0.4, -0.2) is 35.9 Å². The van der Waals surface area contributed by atoms with E-state index in [1.165, 1.54) is 0 Å². The minimum Gasteiger partial charge on any atom is -0.347 e. The standard InChI is InChI=1S/C21H26N4O2/c1-22-15-19(26)25-21(11-7-12-21)20(27)24-18(16-8-3-2-4-9-16)14-17-10-5-6-13-23-17/h2-6,8-10,13,18,22H,7,11-12,14-15H2,1H3,(H,24,27)(H,25,26). The molecule has 1 aliphatic carbocycles. The molecule has 2 aromatic rings. The molecule has 1 aromatic heterocycles. The normalized spacial score (nSPS) is 16.0. The molecule has 1 heterocycles. The van der Waals surface area contributed by atoms with Gasteiger partial charge in [0.05, 0.1) is 12.6 Å². The van der Waals surface area contributed by atoms with Gasteiger partial charge in [-0.1, -0.05) is 36.4 Å². The van der Waals surface area contributed by atoms with Crippen molar-refractivity contribution in [2.45, 2.75) is 37.3 Å². The molecule has 1 aromatic carbocycles. The first-order valence-corrected chi connectivity index (χ1v) is 9.34. The number of carbonyl (C=O) groups excluding carboxylic acids is 2. The molecule has 1 aliphatic rings. The second-order valence-corrected chi connectivity index (χ2v) is 6.98. The SMILES string of the molecule is CNCC(=O)NC1(C(=O)NC(Cc2ccccn2)c2ccccc2)CCC1. The van der Waals surface area contributed by atoms with Crippen LogP contribution in [-0.2, 0) is 16.0 Å². The lowest BCUT2D eigenvalue weighted by molar-refractivity contribution is -0.137. The van der Waals surface area contributed by atoms with Crippen LogP contribution in [0.2, 0.25) is 0 Å². The molecule has 0 aliphatic heterocycles. The quantitative estimate of drug-likeness (QED) is 0.665. The van der Waals surface area contributed by atoms with E-state index in [9.17, 15) is 9.59 Å². The highest BCUT2D eigenvalue weighted by Crippen LogP contribution is 2.33. The minimum atomic E-state index is -0.801. The summed E-state index contributed by atoms with van der Waals surface area (Å²) < 4.78 is 0. The molecule has 142 valence electrons. The van der Waals surface area contributed by atoms with Crippen molar-refractivity contribution in [3.63, 3.8) is 0 Å². The van der Waals surface area contributed by atoms with Gasteiger partial charge in [0, 0.05) is 18.3 Å². The van der Waals surface area contributed by atoms with Gasteiger partial charge >= 0.3 is 0 Å². The van der Waals surface area contributed by atoms with E-state index in [0.717, 1.165) is 17.7 Å². The molecule has 0 saturated heterocycles. The molecule has 6 nitrogen and oxygen atoms in total. The van der Waals surface area contributed by atoms with Gasteiger partial charge in [0.25, 0.3) is 0 Å². The Morgan fingerprint density at radius 1 is 1.11 bits per heavy atom. The first kappa shape index (κ1) is 19.0. The van der Waals surface area contributed by atoms with Crippen molar-refractivity contribution in [2.75, 3.05) is 13.6 Å². The molecule has 3 N–H and O–H groups in total. The monoisotopic (exact) mass is 366 g/mol. The number of benzene rings is 1. The number of hydrogen-bond acceptors (Lipinski definition) is 4. The predicted octanol–water partition coefficient (Wildman–Crippen LogP) is 1.74. The average molecular weight is 366 g/mol. The first-order chi connectivity index (χ1) is 13.1. The van der Waals surface area contributed by atoms with E-state index >= 15 is 0 Å². The lowest BCUT2D eigenvalue weighted by Crippen LogP contribution is -2.64. The Balaban J connectivity index is 1.76. The number of nitrogens with zero attached hydrogens (tertiary/aromatic N) is 1. The van der Waals surface area contributed by atoms with Crippen molar-refractivity contribution >= 4 is 11.8 Å². The average Bonchev–Trinajstić information content (AvgIpc) is 2.66. The van der Waals surface area contributed by atoms with Crippen molar-refractivity contribution in [1.29, 1.82) is 0 Å². The number of amides is 2. The van der Waals surface area contributed by atoms with E-state index in [1.807, 2.05) is 48.5 Å². The summed E-state index contributed by atoms with van der Waals surface area (Å²) in [5, 5.41) is 8.90. The number of aromatic nitrogens is 1. The predicted molar refractivity (Wildman–Crippen MR) is 104 cm³/mol. The summed E-state index contributed by atoms with van der Waals surface area (Å²) in [5.41, 5.74) is 1.13. The minimum absolute atomic E-state index is 0.122. The van der Waals surface area contributed by atoms with Gasteiger partial charge in [-0.25, -0.2) is 0 Å². The highest BCUT2D eigenvalue weighted by atomic mass is 16.2. The molecule has 6 heteroatoms. The lowest BCUT2D eigenvalue weighted by atomic mass is 9.75. The highest BCUT2D eigenvalue weighted by molar-refractivity contribution is 5.93. The van der Waals surface area contributed by atoms with Gasteiger partial charge in [-0.15, -0.1) is 0 Å². The summed E-state index contributed by atoms with van der Waals surface area (Å²) in [6.45, 7) is 0.199. The number of rotatable bonds is 8. The molecule has 1 saturated carbocycles. The smallest absolute Gasteiger partial charge is 0.246 e. The van der Waals surface area contributed by atoms with Gasteiger partial charge in [-0.3, -0.25) is 14.6 Å². The maximum absolute atomic E-state index is 13.1. The molecule has 0 spiro atoms. The van der Waals surface area contributed by atoms with Crippen LogP contribution in [0.3, 0.4) is 0 Å². The van der Waals surface area contributed by atoms with Crippen LogP contribution < -0.4 is 16.0 Å². The Labute approximate surface area is 159 Å². The number of nitrogens with one attached hydrogen (secondary N) is 3. The van der Waals surface area contributed by atoms with Gasteiger partial charge in [0.1, 0.15) is 5.54 Å². The summed E-state index contributed by atoms with van der Waals surface area (Å²) in [6.07, 6.45) is 4.62. The molecule has 3 rings (SSSR count). The van der Waals surface area contributed by atoms with Crippen molar-refractivity contribution in [2.24, 2.45) is 0 Å². The molecule has 27 heavy (non-hydrogen) atoms. The van der Waals surface area contributed by atoms with E-state index in [0.29, 0.717) is 19.3 Å². The van der Waals surface area contributed by atoms with E-state index in [-0.39, 0.29) is 24.4 Å². The highest BCUT2D eigenvalue weighted by Gasteiger charge is 2.45. The summed E-state index contributed by atoms with van der Waals surface area (Å²) in [6, 6.07) is 15.4. The van der Waals surface area contributed by atoms with E-state index < -0.39 is 5.54 Å². The maximum atomic E-state index is 13.1. The van der Waals surface area contributed by atoms with Crippen LogP contribution in [0.5, 0.6) is 0 Å². The van der Waals surface area contributed by atoms with E-state index in [2.05, 4.69) is 20.9 Å². The lowest BCUT2D eigenvalue weighted by Gasteiger charge is -2.41. The maximum Gasteiger partial charge on any atom is 0.246 e. The summed E-state index contributed by atoms with van der Waals surface area (Å²) >= 11 is 0. The van der Waals surface area contributed by atoms with Crippen LogP contribution in [0.25, 0.3) is 0 Å². The number of pyridine rings is 1. The van der Waals surface area contributed by atoms with Gasteiger partial charge in [0.2, 0.25) is 11.8 Å². The zero-order valence-corrected chi connectivity index (χ0v) is 15.6. The van der Waals surface area contributed by atoms with Gasteiger partial charge in [0.15, 0.2) is 0 Å². The third-order valence-corrected chi connectivity index (χ3v) is 5.00. The summed E-state index contributed by atoms with van der Waals surface area (Å²) in [5.74, 6) is -0.281. The molecular weight excluding hydrogens is 340 g/mol. The molecule has 0 radical (unpaired) electrons. The van der Waals surface area contributed by atoms with Crippen LogP contribution >= 0.6 is 0 Å². The zero-order valence-electron chi connectivity index (χ0n) is 15.6. The molecule has 1 fully saturated rings. The fourth-order valence-electron chi connectivity index (χ4n) is 3.37. The van der Waals surface area contributed by atoms with Crippen LogP contribution in [0.1, 0.15) is 36.6 Å². The van der Waals surface area contributed by atoms with Crippen molar-refractivity contribution in [1.82, 2.24) is 20.9 Å². The topological polar surface area (TPSA) is 83.1 Å². The Kier molecular flexibility index (Phi) is 6.19. The fraction of sp³-hybridized carbons (Fsp3) is 0.381. The third-order valence-electron chi connectivity index (χ3n) is 5.00. The summed E-state index contributed by atoms with van der Waals surface area (Å²) in [4.78, 5) is 29.5. The molecule has 0 bridgehead atoms. The molecule has 1 unspecified atom stereocenters. The van der Waals surface area contributed by atoms with E-state index in [1.54, 1.807) is 13.2 Å². The number of likely N-dealkylation sites (N-methyl/N-ethyl adjacent to an activating group) is 1. The Hall–Kier alpha value is -2.73. The van der Waals surface area contributed by atoms with Gasteiger partial charge in [-0.05, 0) is 44.0 Å². The Morgan fingerprint density at radius 3 is 2.44 bits per heavy atom. The van der Waals surface area contributed by atoms with Crippen molar-refractivity contribution in [3.05, 3.63) is 66.0 Å². The number of hydrogen-bond donors (Lipinski definition) is 3. The second-order valence-electron chi connectivity index (χ2n) is 6.98. The van der Waals surface area contributed by atoms with Crippen molar-refractivity contribution < 1.29 is 9.59 Å². The largest absolute Gasteiger partial charge is 0.347 e. The molecule has 2 amide bonds. The van der Waals surface area contributed by atoms with E-state index in [4.69, 9.17) is 0 Å². The molecular formula is C21H26N4O2. The first-order valence-electron chi connectivity index (χ1n) is 9.34. The third kappa shape index (κ3) is 4.71. The zero-order chi connectivity index (χ0) is 19.1. The van der Waals surface area contributed by atoms with Crippen molar-refractivity contribution in [3.8, 4) is 0 Å². The molecule has 1 atom stereocenters. The van der Waals surface area contributed by atoms with Crippen LogP contribution in [0, 0.1) is 0 Å². The van der Waals surface area contributed by atoms with Gasteiger partial charge < -0.3 is 16.0 Å². The second kappa shape index (κ2) is 8.77.